The fourth-order valence-corrected chi connectivity index (χ4v) is 2.55. The van der Waals surface area contributed by atoms with Crippen LogP contribution in [0.25, 0.3) is 0 Å². The Morgan fingerprint density at radius 1 is 1.38 bits per heavy atom. The lowest BCUT2D eigenvalue weighted by molar-refractivity contribution is -0.148. The zero-order chi connectivity index (χ0) is 15.2. The van der Waals surface area contributed by atoms with Gasteiger partial charge in [0.05, 0.1) is 5.92 Å². The van der Waals surface area contributed by atoms with Crippen molar-refractivity contribution in [3.8, 4) is 5.75 Å². The second-order valence-electron chi connectivity index (χ2n) is 5.29. The Kier molecular flexibility index (Phi) is 5.20. The number of carbonyl (C=O) groups excluding carboxylic acids is 1. The molecule has 0 radical (unpaired) electrons. The van der Waals surface area contributed by atoms with Crippen LogP contribution in [0, 0.1) is 5.92 Å². The smallest absolute Gasteiger partial charge is 0.308 e. The molecule has 0 aromatic heterocycles. The van der Waals surface area contributed by atoms with Crippen molar-refractivity contribution in [2.24, 2.45) is 5.92 Å². The predicted molar refractivity (Wildman–Crippen MR) is 78.1 cm³/mol. The molecule has 0 spiro atoms. The normalized spacial score (nSPS) is 19.9. The molecule has 1 aromatic rings. The number of likely N-dealkylation sites (tertiary alicyclic amines) is 1. The number of hydrogen-bond donors (Lipinski definition) is 1. The molecule has 5 nitrogen and oxygen atoms in total. The highest BCUT2D eigenvalue weighted by molar-refractivity contribution is 5.82. The molecule has 1 aliphatic heterocycles. The summed E-state index contributed by atoms with van der Waals surface area (Å²) < 4.78 is 5.74. The summed E-state index contributed by atoms with van der Waals surface area (Å²) in [5.74, 6) is -0.752. The van der Waals surface area contributed by atoms with Crippen LogP contribution in [0.2, 0.25) is 0 Å². The molecule has 1 aliphatic rings. The standard InChI is InChI=1S/C16H21NO4/c1-2-14(21-13-8-4-3-5-9-13)15(18)17-10-6-7-12(11-17)16(19)20/h3-5,8-9,12,14H,2,6-7,10-11H2,1H3,(H,19,20). The fraction of sp³-hybridized carbons (Fsp3) is 0.500. The lowest BCUT2D eigenvalue weighted by Crippen LogP contribution is -2.48. The molecule has 1 N–H and O–H groups in total. The molecule has 2 atom stereocenters. The van der Waals surface area contributed by atoms with Crippen molar-refractivity contribution in [2.45, 2.75) is 32.3 Å². The van der Waals surface area contributed by atoms with Crippen LogP contribution in [0.3, 0.4) is 0 Å². The molecule has 1 fully saturated rings. The maximum absolute atomic E-state index is 12.5. The number of hydrogen-bond acceptors (Lipinski definition) is 3. The second-order valence-corrected chi connectivity index (χ2v) is 5.29. The van der Waals surface area contributed by atoms with Crippen LogP contribution in [0.4, 0.5) is 0 Å². The average Bonchev–Trinajstić information content (AvgIpc) is 2.53. The largest absolute Gasteiger partial charge is 0.481 e. The minimum Gasteiger partial charge on any atom is -0.481 e. The minimum absolute atomic E-state index is 0.118. The molecule has 2 unspecified atom stereocenters. The first-order chi connectivity index (χ1) is 10.1. The molecule has 1 saturated heterocycles. The van der Waals surface area contributed by atoms with E-state index >= 15 is 0 Å². The number of piperidine rings is 1. The van der Waals surface area contributed by atoms with Gasteiger partial charge in [-0.3, -0.25) is 9.59 Å². The Bertz CT molecular complexity index is 488. The number of rotatable bonds is 5. The monoisotopic (exact) mass is 291 g/mol. The predicted octanol–water partition coefficient (Wildman–Crippen LogP) is 2.17. The summed E-state index contributed by atoms with van der Waals surface area (Å²) in [4.78, 5) is 25.2. The molecular formula is C16H21NO4. The van der Waals surface area contributed by atoms with Gasteiger partial charge in [-0.1, -0.05) is 25.1 Å². The van der Waals surface area contributed by atoms with Gasteiger partial charge in [-0.2, -0.15) is 0 Å². The van der Waals surface area contributed by atoms with Crippen molar-refractivity contribution in [1.82, 2.24) is 4.90 Å². The van der Waals surface area contributed by atoms with Gasteiger partial charge >= 0.3 is 5.97 Å². The number of amides is 1. The average molecular weight is 291 g/mol. The molecule has 114 valence electrons. The fourth-order valence-electron chi connectivity index (χ4n) is 2.55. The topological polar surface area (TPSA) is 66.8 Å². The highest BCUT2D eigenvalue weighted by Crippen LogP contribution is 2.20. The molecule has 5 heteroatoms. The number of carbonyl (C=O) groups is 2. The Morgan fingerprint density at radius 2 is 2.10 bits per heavy atom. The molecule has 0 aliphatic carbocycles. The van der Waals surface area contributed by atoms with Gasteiger partial charge < -0.3 is 14.7 Å². The zero-order valence-corrected chi connectivity index (χ0v) is 12.2. The maximum Gasteiger partial charge on any atom is 0.308 e. The molecule has 1 aromatic carbocycles. The molecular weight excluding hydrogens is 270 g/mol. The third-order valence-corrected chi connectivity index (χ3v) is 3.75. The van der Waals surface area contributed by atoms with Gasteiger partial charge in [0.25, 0.3) is 5.91 Å². The lowest BCUT2D eigenvalue weighted by Gasteiger charge is -2.33. The second kappa shape index (κ2) is 7.11. The van der Waals surface area contributed by atoms with Crippen LogP contribution in [-0.4, -0.2) is 41.1 Å². The number of nitrogens with zero attached hydrogens (tertiary/aromatic N) is 1. The summed E-state index contributed by atoms with van der Waals surface area (Å²) in [5.41, 5.74) is 0. The van der Waals surface area contributed by atoms with Gasteiger partial charge in [-0.25, -0.2) is 0 Å². The van der Waals surface area contributed by atoms with Crippen LogP contribution in [-0.2, 0) is 9.59 Å². The summed E-state index contributed by atoms with van der Waals surface area (Å²) in [5, 5.41) is 9.10. The van der Waals surface area contributed by atoms with Gasteiger partial charge in [-0.15, -0.1) is 0 Å². The molecule has 1 amide bonds. The summed E-state index contributed by atoms with van der Waals surface area (Å²) in [7, 11) is 0. The van der Waals surface area contributed by atoms with E-state index in [1.165, 1.54) is 0 Å². The van der Waals surface area contributed by atoms with Crippen molar-refractivity contribution in [1.29, 1.82) is 0 Å². The molecule has 21 heavy (non-hydrogen) atoms. The molecule has 0 saturated carbocycles. The Labute approximate surface area is 124 Å². The van der Waals surface area contributed by atoms with Crippen molar-refractivity contribution >= 4 is 11.9 Å². The van der Waals surface area contributed by atoms with Gasteiger partial charge in [0, 0.05) is 13.1 Å². The van der Waals surface area contributed by atoms with E-state index in [-0.39, 0.29) is 12.5 Å². The Morgan fingerprint density at radius 3 is 2.71 bits per heavy atom. The summed E-state index contributed by atoms with van der Waals surface area (Å²) in [6.07, 6.45) is 1.36. The van der Waals surface area contributed by atoms with Gasteiger partial charge in [-0.05, 0) is 31.4 Å². The van der Waals surface area contributed by atoms with Crippen LogP contribution in [0.15, 0.2) is 30.3 Å². The van der Waals surface area contributed by atoms with Gasteiger partial charge in [0.2, 0.25) is 0 Å². The van der Waals surface area contributed by atoms with E-state index in [9.17, 15) is 9.59 Å². The van der Waals surface area contributed by atoms with E-state index < -0.39 is 18.0 Å². The van der Waals surface area contributed by atoms with Crippen LogP contribution < -0.4 is 4.74 Å². The first kappa shape index (κ1) is 15.4. The third-order valence-electron chi connectivity index (χ3n) is 3.75. The van der Waals surface area contributed by atoms with Crippen molar-refractivity contribution < 1.29 is 19.4 Å². The Hall–Kier alpha value is -2.04. The van der Waals surface area contributed by atoms with E-state index in [1.807, 2.05) is 37.3 Å². The lowest BCUT2D eigenvalue weighted by atomic mass is 9.97. The molecule has 0 bridgehead atoms. The number of para-hydroxylation sites is 1. The van der Waals surface area contributed by atoms with Crippen molar-refractivity contribution in [3.05, 3.63) is 30.3 Å². The number of carboxylic acids is 1. The quantitative estimate of drug-likeness (QED) is 0.903. The van der Waals surface area contributed by atoms with E-state index in [0.29, 0.717) is 25.1 Å². The molecule has 2 rings (SSSR count). The van der Waals surface area contributed by atoms with Crippen molar-refractivity contribution in [2.75, 3.05) is 13.1 Å². The number of aliphatic carboxylic acids is 1. The molecule has 1 heterocycles. The van der Waals surface area contributed by atoms with Gasteiger partial charge in [0.15, 0.2) is 6.10 Å². The SMILES string of the molecule is CCC(Oc1ccccc1)C(=O)N1CCCC(C(=O)O)C1. The summed E-state index contributed by atoms with van der Waals surface area (Å²) >= 11 is 0. The van der Waals surface area contributed by atoms with Crippen LogP contribution >= 0.6 is 0 Å². The van der Waals surface area contributed by atoms with E-state index in [1.54, 1.807) is 4.90 Å². The first-order valence-electron chi connectivity index (χ1n) is 7.35. The number of carboxylic acid groups (broad SMARTS) is 1. The highest BCUT2D eigenvalue weighted by atomic mass is 16.5. The summed E-state index contributed by atoms with van der Waals surface area (Å²) in [6.45, 7) is 2.78. The van der Waals surface area contributed by atoms with E-state index in [2.05, 4.69) is 0 Å². The number of ether oxygens (including phenoxy) is 1. The minimum atomic E-state index is -0.829. The summed E-state index contributed by atoms with van der Waals surface area (Å²) in [6, 6.07) is 9.22. The van der Waals surface area contributed by atoms with E-state index in [4.69, 9.17) is 9.84 Å². The zero-order valence-electron chi connectivity index (χ0n) is 12.2. The first-order valence-corrected chi connectivity index (χ1v) is 7.35. The van der Waals surface area contributed by atoms with Crippen LogP contribution in [0.1, 0.15) is 26.2 Å². The van der Waals surface area contributed by atoms with Crippen molar-refractivity contribution in [3.63, 3.8) is 0 Å². The highest BCUT2D eigenvalue weighted by Gasteiger charge is 2.31. The Balaban J connectivity index is 2.00. The number of benzene rings is 1. The van der Waals surface area contributed by atoms with Gasteiger partial charge in [0.1, 0.15) is 5.75 Å². The van der Waals surface area contributed by atoms with Crippen LogP contribution in [0.5, 0.6) is 5.75 Å². The third kappa shape index (κ3) is 3.97. The van der Waals surface area contributed by atoms with E-state index in [0.717, 1.165) is 6.42 Å². The maximum atomic E-state index is 12.5.